The van der Waals surface area contributed by atoms with Crippen molar-refractivity contribution in [3.63, 3.8) is 0 Å². The van der Waals surface area contributed by atoms with Gasteiger partial charge in [-0.1, -0.05) is 76.6 Å². The zero-order valence-electron chi connectivity index (χ0n) is 9.38. The summed E-state index contributed by atoms with van der Waals surface area (Å²) in [4.78, 5) is 1.88. The van der Waals surface area contributed by atoms with E-state index in [1.165, 1.54) is 16.7 Å². The molecule has 0 aromatic heterocycles. The van der Waals surface area contributed by atoms with Gasteiger partial charge in [0, 0.05) is 0 Å². The molecule has 2 rings (SSSR count). The molecule has 0 atom stereocenters. The highest BCUT2D eigenvalue weighted by molar-refractivity contribution is 9.11. The summed E-state index contributed by atoms with van der Waals surface area (Å²) in [6.07, 6.45) is 4.23. The second kappa shape index (κ2) is 6.21. The highest BCUT2D eigenvalue weighted by Gasteiger charge is 1.96. The van der Waals surface area contributed by atoms with Crippen LogP contribution in [-0.4, -0.2) is 0 Å². The number of hydrogen-bond acceptors (Lipinski definition) is 0. The Hall–Kier alpha value is -1.60. The van der Waals surface area contributed by atoms with Crippen LogP contribution in [0.1, 0.15) is 11.1 Å². The fourth-order valence-corrected chi connectivity index (χ4v) is 1.94. The first kappa shape index (κ1) is 11.9. The molecule has 0 radical (unpaired) electrons. The van der Waals surface area contributed by atoms with Crippen molar-refractivity contribution in [3.8, 4) is 0 Å². The molecule has 0 aliphatic carbocycles. The van der Waals surface area contributed by atoms with Crippen molar-refractivity contribution in [1.29, 1.82) is 0 Å². The minimum atomic E-state index is 1.19. The number of hydrogen-bond donors (Lipinski definition) is 0. The lowest BCUT2D eigenvalue weighted by Gasteiger charge is -2.02. The molecule has 0 unspecified atom stereocenters. The Morgan fingerprint density at radius 1 is 0.824 bits per heavy atom. The van der Waals surface area contributed by atoms with E-state index in [2.05, 4.69) is 64.5 Å². The molecular formula is C16H13Br. The van der Waals surface area contributed by atoms with E-state index < -0.39 is 0 Å². The normalized spacial score (nSPS) is 11.9. The molecule has 0 fully saturated rings. The lowest BCUT2D eigenvalue weighted by Crippen LogP contribution is -1.80. The van der Waals surface area contributed by atoms with Crippen molar-refractivity contribution in [2.75, 3.05) is 0 Å². The summed E-state index contributed by atoms with van der Waals surface area (Å²) in [5.74, 6) is 0. The lowest BCUT2D eigenvalue weighted by atomic mass is 10.0. The largest absolute Gasteiger partial charge is 0.0622 e. The van der Waals surface area contributed by atoms with Gasteiger partial charge in [0.25, 0.3) is 0 Å². The molecular weight excluding hydrogens is 272 g/mol. The third-order valence-corrected chi connectivity index (χ3v) is 2.74. The molecule has 0 heterocycles. The summed E-state index contributed by atoms with van der Waals surface area (Å²) in [6, 6.07) is 20.7. The smallest absolute Gasteiger partial charge is 0.0173 e. The fraction of sp³-hybridized carbons (Fsp3) is 0. The van der Waals surface area contributed by atoms with E-state index in [0.29, 0.717) is 0 Å². The standard InChI is InChI=1S/C16H13Br/c17-12-11-16(15-9-5-2-6-10-15)13-14-7-3-1-4-8-14/h1-13H/b12-11+,16-13-. The summed E-state index contributed by atoms with van der Waals surface area (Å²) in [5.41, 5.74) is 3.61. The number of allylic oxidation sites excluding steroid dienone is 2. The lowest BCUT2D eigenvalue weighted by molar-refractivity contribution is 1.62. The van der Waals surface area contributed by atoms with Gasteiger partial charge in [-0.15, -0.1) is 0 Å². The van der Waals surface area contributed by atoms with Crippen LogP contribution < -0.4 is 0 Å². The zero-order valence-corrected chi connectivity index (χ0v) is 11.0. The summed E-state index contributed by atoms with van der Waals surface area (Å²) < 4.78 is 0. The second-order valence-electron chi connectivity index (χ2n) is 3.67. The number of halogens is 1. The van der Waals surface area contributed by atoms with Gasteiger partial charge in [0.05, 0.1) is 0 Å². The van der Waals surface area contributed by atoms with Gasteiger partial charge in [-0.05, 0) is 33.8 Å². The van der Waals surface area contributed by atoms with Crippen LogP contribution in [0, 0.1) is 0 Å². The Labute approximate surface area is 110 Å². The van der Waals surface area contributed by atoms with Gasteiger partial charge < -0.3 is 0 Å². The van der Waals surface area contributed by atoms with Gasteiger partial charge >= 0.3 is 0 Å². The molecule has 0 bridgehead atoms. The van der Waals surface area contributed by atoms with Crippen LogP contribution in [0.25, 0.3) is 11.6 Å². The minimum absolute atomic E-state index is 1.19. The van der Waals surface area contributed by atoms with E-state index in [-0.39, 0.29) is 0 Å². The van der Waals surface area contributed by atoms with Crippen LogP contribution in [-0.2, 0) is 0 Å². The molecule has 0 saturated carbocycles. The molecule has 2 aromatic rings. The van der Waals surface area contributed by atoms with Crippen LogP contribution in [0.3, 0.4) is 0 Å². The maximum Gasteiger partial charge on any atom is -0.0173 e. The van der Waals surface area contributed by atoms with E-state index in [9.17, 15) is 0 Å². The van der Waals surface area contributed by atoms with Crippen molar-refractivity contribution in [1.82, 2.24) is 0 Å². The molecule has 0 amide bonds. The van der Waals surface area contributed by atoms with Gasteiger partial charge in [0.15, 0.2) is 0 Å². The van der Waals surface area contributed by atoms with Crippen molar-refractivity contribution >= 4 is 27.6 Å². The summed E-state index contributed by atoms with van der Waals surface area (Å²) in [6.45, 7) is 0. The molecule has 0 N–H and O–H groups in total. The van der Waals surface area contributed by atoms with Gasteiger partial charge in [-0.3, -0.25) is 0 Å². The van der Waals surface area contributed by atoms with Crippen LogP contribution >= 0.6 is 15.9 Å². The third-order valence-electron chi connectivity index (χ3n) is 2.47. The Morgan fingerprint density at radius 3 is 2.00 bits per heavy atom. The molecule has 2 aromatic carbocycles. The summed E-state index contributed by atoms with van der Waals surface area (Å²) >= 11 is 3.34. The molecule has 1 heteroatoms. The third kappa shape index (κ3) is 3.43. The molecule has 84 valence electrons. The van der Waals surface area contributed by atoms with Crippen LogP contribution in [0.2, 0.25) is 0 Å². The summed E-state index contributed by atoms with van der Waals surface area (Å²) in [7, 11) is 0. The van der Waals surface area contributed by atoms with Crippen molar-refractivity contribution in [2.45, 2.75) is 0 Å². The first-order valence-corrected chi connectivity index (χ1v) is 6.40. The Bertz CT molecular complexity index is 510. The van der Waals surface area contributed by atoms with Crippen molar-refractivity contribution in [2.24, 2.45) is 0 Å². The highest BCUT2D eigenvalue weighted by atomic mass is 79.9. The van der Waals surface area contributed by atoms with E-state index in [4.69, 9.17) is 0 Å². The zero-order chi connectivity index (χ0) is 11.9. The predicted octanol–water partition coefficient (Wildman–Crippen LogP) is 5.14. The quantitative estimate of drug-likeness (QED) is 0.541. The molecule has 0 aliphatic heterocycles. The maximum absolute atomic E-state index is 3.34. The predicted molar refractivity (Wildman–Crippen MR) is 78.8 cm³/mol. The summed E-state index contributed by atoms with van der Waals surface area (Å²) in [5, 5.41) is 0. The highest BCUT2D eigenvalue weighted by Crippen LogP contribution is 2.19. The van der Waals surface area contributed by atoms with Crippen molar-refractivity contribution in [3.05, 3.63) is 82.9 Å². The molecule has 0 aliphatic rings. The first-order valence-electron chi connectivity index (χ1n) is 5.49. The Morgan fingerprint density at radius 2 is 1.41 bits per heavy atom. The molecule has 17 heavy (non-hydrogen) atoms. The van der Waals surface area contributed by atoms with Crippen LogP contribution in [0.4, 0.5) is 0 Å². The fourth-order valence-electron chi connectivity index (χ4n) is 1.65. The Kier molecular flexibility index (Phi) is 4.34. The molecule has 0 nitrogen and oxygen atoms in total. The van der Waals surface area contributed by atoms with Gasteiger partial charge in [-0.2, -0.15) is 0 Å². The number of benzene rings is 2. The molecule has 0 spiro atoms. The first-order chi connectivity index (χ1) is 8.40. The minimum Gasteiger partial charge on any atom is -0.0622 e. The van der Waals surface area contributed by atoms with Crippen LogP contribution in [0.5, 0.6) is 0 Å². The van der Waals surface area contributed by atoms with E-state index in [0.717, 1.165) is 0 Å². The van der Waals surface area contributed by atoms with Crippen molar-refractivity contribution < 1.29 is 0 Å². The monoisotopic (exact) mass is 284 g/mol. The average Bonchev–Trinajstić information content (AvgIpc) is 2.40. The SMILES string of the molecule is Br/C=C/C(=C/c1ccccc1)c1ccccc1. The topological polar surface area (TPSA) is 0 Å². The maximum atomic E-state index is 3.34. The molecule has 0 saturated heterocycles. The van der Waals surface area contributed by atoms with Gasteiger partial charge in [0.1, 0.15) is 0 Å². The Balaban J connectivity index is 2.40. The van der Waals surface area contributed by atoms with E-state index in [1.807, 2.05) is 29.3 Å². The van der Waals surface area contributed by atoms with E-state index >= 15 is 0 Å². The average molecular weight is 285 g/mol. The van der Waals surface area contributed by atoms with E-state index in [1.54, 1.807) is 0 Å². The van der Waals surface area contributed by atoms with Gasteiger partial charge in [0.2, 0.25) is 0 Å². The van der Waals surface area contributed by atoms with Gasteiger partial charge in [-0.25, -0.2) is 0 Å². The second-order valence-corrected chi connectivity index (χ2v) is 4.20. The van der Waals surface area contributed by atoms with Crippen LogP contribution in [0.15, 0.2) is 71.7 Å². The number of rotatable bonds is 3.